The van der Waals surface area contributed by atoms with Gasteiger partial charge in [-0.25, -0.2) is 0 Å². The number of para-hydroxylation sites is 2. The summed E-state index contributed by atoms with van der Waals surface area (Å²) < 4.78 is 0. The van der Waals surface area contributed by atoms with Crippen molar-refractivity contribution >= 4 is 35.2 Å². The van der Waals surface area contributed by atoms with Crippen LogP contribution in [0.5, 0.6) is 0 Å². The minimum Gasteiger partial charge on any atom is -0.545 e. The maximum atomic E-state index is 11.4. The predicted octanol–water partition coefficient (Wildman–Crippen LogP) is 2.71. The van der Waals surface area contributed by atoms with E-state index in [2.05, 4.69) is 30.5 Å². The summed E-state index contributed by atoms with van der Waals surface area (Å²) in [7, 11) is 0. The molecule has 148 valence electrons. The first-order valence-electron chi connectivity index (χ1n) is 9.59. The van der Waals surface area contributed by atoms with E-state index in [1.54, 1.807) is 18.2 Å². The fraction of sp³-hybridized carbons (Fsp3) is 0.238. The molecule has 0 unspecified atom stereocenters. The van der Waals surface area contributed by atoms with Gasteiger partial charge in [0.1, 0.15) is 0 Å². The Morgan fingerprint density at radius 3 is 2.21 bits per heavy atom. The molecule has 4 rings (SSSR count). The van der Waals surface area contributed by atoms with E-state index >= 15 is 0 Å². The van der Waals surface area contributed by atoms with E-state index in [9.17, 15) is 9.90 Å². The number of anilines is 5. The molecule has 2 heterocycles. The second-order valence-corrected chi connectivity index (χ2v) is 6.78. The van der Waals surface area contributed by atoms with Crippen LogP contribution in [0.3, 0.4) is 0 Å². The standard InChI is InChI=1S/C21H22N6O2/c28-18(29)16-11-5-6-12-17(16)23-20-24-19(22-15-9-3-1-4-10-15)25-21(26-20)27-13-7-2-8-14-27/h1,3-6,9-12H,2,7-8,13-14H2,(H,28,29)(H2,22,23,24,25,26)/p-1. The summed E-state index contributed by atoms with van der Waals surface area (Å²) in [6, 6.07) is 16.1. The molecule has 1 aliphatic rings. The number of rotatable bonds is 6. The van der Waals surface area contributed by atoms with Crippen LogP contribution in [-0.2, 0) is 0 Å². The monoisotopic (exact) mass is 389 g/mol. The zero-order valence-corrected chi connectivity index (χ0v) is 15.8. The van der Waals surface area contributed by atoms with Crippen LogP contribution in [0.1, 0.15) is 29.6 Å². The number of benzene rings is 2. The number of carbonyl (C=O) groups is 1. The van der Waals surface area contributed by atoms with Crippen LogP contribution in [0, 0.1) is 0 Å². The highest BCUT2D eigenvalue weighted by Crippen LogP contribution is 2.23. The Morgan fingerprint density at radius 2 is 1.48 bits per heavy atom. The van der Waals surface area contributed by atoms with Gasteiger partial charge in [-0.2, -0.15) is 15.0 Å². The van der Waals surface area contributed by atoms with Crippen LogP contribution < -0.4 is 20.6 Å². The van der Waals surface area contributed by atoms with Gasteiger partial charge in [0, 0.05) is 30.0 Å². The molecule has 0 radical (unpaired) electrons. The van der Waals surface area contributed by atoms with Gasteiger partial charge < -0.3 is 25.4 Å². The molecule has 2 aromatic carbocycles. The Kier molecular flexibility index (Phi) is 5.51. The van der Waals surface area contributed by atoms with Gasteiger partial charge in [0.2, 0.25) is 17.8 Å². The summed E-state index contributed by atoms with van der Waals surface area (Å²) in [4.78, 5) is 27.1. The van der Waals surface area contributed by atoms with E-state index in [1.165, 1.54) is 12.5 Å². The number of aromatic nitrogens is 3. The van der Waals surface area contributed by atoms with E-state index in [-0.39, 0.29) is 11.5 Å². The highest BCUT2D eigenvalue weighted by molar-refractivity contribution is 5.93. The van der Waals surface area contributed by atoms with Crippen LogP contribution in [0.25, 0.3) is 0 Å². The number of nitrogens with zero attached hydrogens (tertiary/aromatic N) is 4. The number of piperidine rings is 1. The minimum atomic E-state index is -1.26. The summed E-state index contributed by atoms with van der Waals surface area (Å²) in [6.07, 6.45) is 3.37. The van der Waals surface area contributed by atoms with Crippen molar-refractivity contribution in [2.24, 2.45) is 0 Å². The fourth-order valence-corrected chi connectivity index (χ4v) is 3.25. The molecule has 1 aromatic heterocycles. The van der Waals surface area contributed by atoms with Crippen molar-refractivity contribution in [3.05, 3.63) is 60.2 Å². The molecule has 1 saturated heterocycles. The lowest BCUT2D eigenvalue weighted by molar-refractivity contribution is -0.254. The lowest BCUT2D eigenvalue weighted by Gasteiger charge is -2.27. The second kappa shape index (κ2) is 8.55. The number of hydrogen-bond donors (Lipinski definition) is 2. The van der Waals surface area contributed by atoms with E-state index < -0.39 is 5.97 Å². The Balaban J connectivity index is 1.68. The van der Waals surface area contributed by atoms with Crippen molar-refractivity contribution in [2.75, 3.05) is 28.6 Å². The second-order valence-electron chi connectivity index (χ2n) is 6.78. The van der Waals surface area contributed by atoms with Crippen molar-refractivity contribution in [3.63, 3.8) is 0 Å². The average molecular weight is 389 g/mol. The van der Waals surface area contributed by atoms with Gasteiger partial charge in [-0.3, -0.25) is 0 Å². The first kappa shape index (κ1) is 18.7. The topological polar surface area (TPSA) is 106 Å². The molecule has 0 aliphatic carbocycles. The van der Waals surface area contributed by atoms with E-state index in [0.717, 1.165) is 31.6 Å². The maximum absolute atomic E-state index is 11.4. The number of nitrogens with one attached hydrogen (secondary N) is 2. The number of hydrogen-bond acceptors (Lipinski definition) is 8. The summed E-state index contributed by atoms with van der Waals surface area (Å²) >= 11 is 0. The van der Waals surface area contributed by atoms with Crippen molar-refractivity contribution in [1.82, 2.24) is 15.0 Å². The van der Waals surface area contributed by atoms with E-state index in [0.29, 0.717) is 17.6 Å². The molecule has 2 N–H and O–H groups in total. The Hall–Kier alpha value is -3.68. The smallest absolute Gasteiger partial charge is 0.233 e. The number of aromatic carboxylic acids is 1. The summed E-state index contributed by atoms with van der Waals surface area (Å²) in [5.74, 6) is -0.0412. The van der Waals surface area contributed by atoms with Crippen LogP contribution >= 0.6 is 0 Å². The molecule has 0 saturated carbocycles. The molecular weight excluding hydrogens is 368 g/mol. The molecule has 0 bridgehead atoms. The zero-order valence-electron chi connectivity index (χ0n) is 15.8. The van der Waals surface area contributed by atoms with Crippen LogP contribution in [0.2, 0.25) is 0 Å². The van der Waals surface area contributed by atoms with E-state index in [4.69, 9.17) is 0 Å². The van der Waals surface area contributed by atoms with E-state index in [1.807, 2.05) is 30.3 Å². The predicted molar refractivity (Wildman–Crippen MR) is 110 cm³/mol. The summed E-state index contributed by atoms with van der Waals surface area (Å²) in [6.45, 7) is 1.76. The molecule has 0 spiro atoms. The largest absolute Gasteiger partial charge is 0.545 e. The summed E-state index contributed by atoms with van der Waals surface area (Å²) in [5, 5.41) is 17.6. The molecule has 8 heteroatoms. The molecule has 8 nitrogen and oxygen atoms in total. The molecule has 1 aliphatic heterocycles. The Labute approximate surface area is 168 Å². The van der Waals surface area contributed by atoms with Crippen LogP contribution in [0.4, 0.5) is 29.2 Å². The van der Waals surface area contributed by atoms with Crippen molar-refractivity contribution < 1.29 is 9.90 Å². The molecule has 1 fully saturated rings. The highest BCUT2D eigenvalue weighted by atomic mass is 16.4. The summed E-state index contributed by atoms with van der Waals surface area (Å²) in [5.41, 5.74) is 1.27. The normalized spacial score (nSPS) is 13.7. The first-order valence-corrected chi connectivity index (χ1v) is 9.59. The maximum Gasteiger partial charge on any atom is 0.233 e. The lowest BCUT2D eigenvalue weighted by Crippen LogP contribution is -2.31. The molecular formula is C21H21N6O2-. The van der Waals surface area contributed by atoms with Crippen LogP contribution in [-0.4, -0.2) is 34.0 Å². The number of carboxylic acid groups (broad SMARTS) is 1. The average Bonchev–Trinajstić information content (AvgIpc) is 2.75. The van der Waals surface area contributed by atoms with Crippen molar-refractivity contribution in [1.29, 1.82) is 0 Å². The third kappa shape index (κ3) is 4.60. The quantitative estimate of drug-likeness (QED) is 0.663. The Morgan fingerprint density at radius 1 is 0.828 bits per heavy atom. The SMILES string of the molecule is O=C([O-])c1ccccc1Nc1nc(Nc2ccccc2)nc(N2CCCCC2)n1. The van der Waals surface area contributed by atoms with Crippen molar-refractivity contribution in [3.8, 4) is 0 Å². The zero-order chi connectivity index (χ0) is 20.1. The van der Waals surface area contributed by atoms with Gasteiger partial charge in [0.25, 0.3) is 0 Å². The van der Waals surface area contributed by atoms with Gasteiger partial charge in [0.15, 0.2) is 0 Å². The highest BCUT2D eigenvalue weighted by Gasteiger charge is 2.17. The number of carboxylic acids is 1. The van der Waals surface area contributed by atoms with Gasteiger partial charge >= 0.3 is 0 Å². The van der Waals surface area contributed by atoms with Gasteiger partial charge in [-0.1, -0.05) is 36.4 Å². The molecule has 29 heavy (non-hydrogen) atoms. The third-order valence-corrected chi connectivity index (χ3v) is 4.69. The minimum absolute atomic E-state index is 0.0463. The van der Waals surface area contributed by atoms with Crippen molar-refractivity contribution in [2.45, 2.75) is 19.3 Å². The van der Waals surface area contributed by atoms with Crippen LogP contribution in [0.15, 0.2) is 54.6 Å². The molecule has 0 atom stereocenters. The third-order valence-electron chi connectivity index (χ3n) is 4.69. The Bertz CT molecular complexity index is 989. The number of carbonyl (C=O) groups excluding carboxylic acids is 1. The van der Waals surface area contributed by atoms with Gasteiger partial charge in [-0.05, 0) is 37.5 Å². The lowest BCUT2D eigenvalue weighted by atomic mass is 10.1. The van der Waals surface area contributed by atoms with Gasteiger partial charge in [-0.15, -0.1) is 0 Å². The molecule has 0 amide bonds. The molecule has 3 aromatic rings. The first-order chi connectivity index (χ1) is 14.2. The fourth-order valence-electron chi connectivity index (χ4n) is 3.25. The van der Waals surface area contributed by atoms with Gasteiger partial charge in [0.05, 0.1) is 5.97 Å².